The molecule has 0 heterocycles. The first-order chi connectivity index (χ1) is 15.4. The van der Waals surface area contributed by atoms with Crippen LogP contribution >= 0.6 is 0 Å². The summed E-state index contributed by atoms with van der Waals surface area (Å²) in [6, 6.07) is 0. The Morgan fingerprint density at radius 3 is 2.61 bits per heavy atom. The van der Waals surface area contributed by atoms with Gasteiger partial charge >= 0.3 is 5.97 Å². The number of hydrogen-bond acceptors (Lipinski definition) is 6. The maximum Gasteiger partial charge on any atom is 0.306 e. The molecule has 6 atom stereocenters. The number of carbonyl (C=O) groups excluding carboxylic acids is 4. The Balaban J connectivity index is 1.57. The first kappa shape index (κ1) is 24.1. The van der Waals surface area contributed by atoms with Gasteiger partial charge in [-0.2, -0.15) is 0 Å². The number of Topliss-reactive ketones (excluding diaryl/α,β-unsaturated/α-hetero) is 2. The summed E-state index contributed by atoms with van der Waals surface area (Å²) in [5, 5.41) is 11.9. The van der Waals surface area contributed by atoms with Crippen molar-refractivity contribution >= 4 is 23.3 Å². The number of rotatable bonds is 6. The molecule has 6 heteroatoms. The lowest BCUT2D eigenvalue weighted by molar-refractivity contribution is -0.168. The summed E-state index contributed by atoms with van der Waals surface area (Å²) in [7, 11) is 0. The van der Waals surface area contributed by atoms with Crippen LogP contribution in [0.4, 0.5) is 0 Å². The highest BCUT2D eigenvalue weighted by Gasteiger charge is 2.67. The fourth-order valence-corrected chi connectivity index (χ4v) is 7.40. The Morgan fingerprint density at radius 2 is 1.91 bits per heavy atom. The molecular formula is C27H36O6. The van der Waals surface area contributed by atoms with Crippen LogP contribution in [0.2, 0.25) is 0 Å². The van der Waals surface area contributed by atoms with Gasteiger partial charge < -0.3 is 14.6 Å². The van der Waals surface area contributed by atoms with Gasteiger partial charge in [0.25, 0.3) is 0 Å². The van der Waals surface area contributed by atoms with E-state index >= 15 is 0 Å². The Bertz CT molecular complexity index is 960. The van der Waals surface area contributed by atoms with Gasteiger partial charge in [0.05, 0.1) is 6.42 Å². The molecule has 1 N–H and O–H groups in total. The van der Waals surface area contributed by atoms with Crippen molar-refractivity contribution in [1.29, 1.82) is 0 Å². The van der Waals surface area contributed by atoms with E-state index in [0.717, 1.165) is 25.7 Å². The average molecular weight is 457 g/mol. The quantitative estimate of drug-likeness (QED) is 0.481. The third kappa shape index (κ3) is 3.65. The maximum absolute atomic E-state index is 13.3. The van der Waals surface area contributed by atoms with E-state index in [1.165, 1.54) is 18.1 Å². The summed E-state index contributed by atoms with van der Waals surface area (Å²) in [5.41, 5.74) is 0.318. The molecule has 0 aromatic carbocycles. The zero-order valence-corrected chi connectivity index (χ0v) is 20.2. The van der Waals surface area contributed by atoms with Crippen molar-refractivity contribution in [2.75, 3.05) is 6.61 Å². The van der Waals surface area contributed by atoms with Crippen LogP contribution in [0.3, 0.4) is 0 Å². The number of ketones is 3. The van der Waals surface area contributed by atoms with Gasteiger partial charge in [0.1, 0.15) is 11.4 Å². The number of aliphatic hydroxyl groups is 1. The van der Waals surface area contributed by atoms with Crippen LogP contribution in [-0.2, 0) is 23.9 Å². The van der Waals surface area contributed by atoms with Crippen LogP contribution in [0.1, 0.15) is 79.1 Å². The largest absolute Gasteiger partial charge is 0.458 e. The smallest absolute Gasteiger partial charge is 0.306 e. The molecule has 4 aliphatic carbocycles. The standard InChI is InChI=1S/C27H36O6/c1-16-13-22-20-7-6-18-14-19(29)9-11-25(18,3)21(20)10-12-26(22,4)27(16,32)23(30)15-33-24(31)8-5-17(2)28/h10,14,16,20,22,32H,5-9,11-13,15H2,1-4H3/t16-,20?,22?,25-,26-,27-/m0/s1. The lowest BCUT2D eigenvalue weighted by Crippen LogP contribution is -2.57. The van der Waals surface area contributed by atoms with E-state index < -0.39 is 29.4 Å². The average Bonchev–Trinajstić information content (AvgIpc) is 2.98. The molecule has 33 heavy (non-hydrogen) atoms. The third-order valence-corrected chi connectivity index (χ3v) is 9.39. The van der Waals surface area contributed by atoms with Crippen LogP contribution in [-0.4, -0.2) is 40.6 Å². The maximum atomic E-state index is 13.3. The Labute approximate surface area is 195 Å². The fourth-order valence-electron chi connectivity index (χ4n) is 7.40. The lowest BCUT2D eigenvalue weighted by atomic mass is 9.50. The van der Waals surface area contributed by atoms with Gasteiger partial charge in [-0.05, 0) is 62.9 Å². The van der Waals surface area contributed by atoms with E-state index in [2.05, 4.69) is 13.0 Å². The molecule has 2 unspecified atom stereocenters. The molecule has 0 aliphatic heterocycles. The SMILES string of the molecule is CC(=O)CCC(=O)OCC(=O)[C@@]1(O)[C@@H](C)CC2C3CCC4=CC(=O)CC[C@]4(C)C3=CC[C@@]21C. The predicted molar refractivity (Wildman–Crippen MR) is 122 cm³/mol. The zero-order chi connectivity index (χ0) is 24.2. The van der Waals surface area contributed by atoms with E-state index in [0.29, 0.717) is 12.8 Å². The van der Waals surface area contributed by atoms with Crippen LogP contribution in [0.25, 0.3) is 0 Å². The van der Waals surface area contributed by atoms with Gasteiger partial charge in [0.15, 0.2) is 12.4 Å². The van der Waals surface area contributed by atoms with Crippen molar-refractivity contribution in [1.82, 2.24) is 0 Å². The topological polar surface area (TPSA) is 97.7 Å². The van der Waals surface area contributed by atoms with Gasteiger partial charge in [-0.3, -0.25) is 14.4 Å². The second kappa shape index (κ2) is 8.30. The van der Waals surface area contributed by atoms with Gasteiger partial charge in [-0.15, -0.1) is 0 Å². The van der Waals surface area contributed by atoms with Crippen molar-refractivity contribution in [3.05, 3.63) is 23.3 Å². The molecule has 0 aromatic heterocycles. The number of esters is 1. The summed E-state index contributed by atoms with van der Waals surface area (Å²) in [5.74, 6) is -0.739. The second-order valence-corrected chi connectivity index (χ2v) is 11.2. The molecule has 0 amide bonds. The van der Waals surface area contributed by atoms with Crippen molar-refractivity contribution in [2.45, 2.75) is 84.7 Å². The normalized spacial score (nSPS) is 39.5. The summed E-state index contributed by atoms with van der Waals surface area (Å²) in [6.07, 6.45) is 8.66. The van der Waals surface area contributed by atoms with E-state index in [9.17, 15) is 24.3 Å². The summed E-state index contributed by atoms with van der Waals surface area (Å²) in [4.78, 5) is 48.4. The summed E-state index contributed by atoms with van der Waals surface area (Å²) < 4.78 is 5.15. The minimum atomic E-state index is -1.57. The Kier molecular flexibility index (Phi) is 6.05. The molecule has 0 radical (unpaired) electrons. The fraction of sp³-hybridized carbons (Fsp3) is 0.704. The molecule has 0 saturated heterocycles. The molecule has 4 aliphatic rings. The van der Waals surface area contributed by atoms with E-state index in [4.69, 9.17) is 4.74 Å². The highest BCUT2D eigenvalue weighted by atomic mass is 16.5. The first-order valence-corrected chi connectivity index (χ1v) is 12.3. The first-order valence-electron chi connectivity index (χ1n) is 12.3. The molecule has 2 fully saturated rings. The van der Waals surface area contributed by atoms with Gasteiger partial charge in [-0.1, -0.05) is 38.0 Å². The second-order valence-electron chi connectivity index (χ2n) is 11.2. The monoisotopic (exact) mass is 456 g/mol. The van der Waals surface area contributed by atoms with E-state index in [-0.39, 0.29) is 47.6 Å². The Morgan fingerprint density at radius 1 is 1.18 bits per heavy atom. The minimum absolute atomic E-state index is 0.0540. The Hall–Kier alpha value is -2.08. The van der Waals surface area contributed by atoms with Crippen molar-refractivity contribution in [3.8, 4) is 0 Å². The zero-order valence-electron chi connectivity index (χ0n) is 20.2. The molecule has 6 nitrogen and oxygen atoms in total. The van der Waals surface area contributed by atoms with Gasteiger partial charge in [-0.25, -0.2) is 0 Å². The molecular weight excluding hydrogens is 420 g/mol. The van der Waals surface area contributed by atoms with Crippen LogP contribution in [0, 0.1) is 28.6 Å². The van der Waals surface area contributed by atoms with E-state index in [1.54, 1.807) is 0 Å². The molecule has 0 spiro atoms. The van der Waals surface area contributed by atoms with Gasteiger partial charge in [0, 0.05) is 23.7 Å². The van der Waals surface area contributed by atoms with Crippen molar-refractivity contribution in [3.63, 3.8) is 0 Å². The number of carbonyl (C=O) groups is 4. The molecule has 180 valence electrons. The number of ether oxygens (including phenoxy) is 1. The van der Waals surface area contributed by atoms with Gasteiger partial charge in [0.2, 0.25) is 5.78 Å². The highest BCUT2D eigenvalue weighted by Crippen LogP contribution is 2.66. The van der Waals surface area contributed by atoms with Crippen LogP contribution in [0.15, 0.2) is 23.3 Å². The van der Waals surface area contributed by atoms with Crippen molar-refractivity contribution in [2.24, 2.45) is 28.6 Å². The summed E-state index contributed by atoms with van der Waals surface area (Å²) in [6.45, 7) is 7.13. The minimum Gasteiger partial charge on any atom is -0.458 e. The summed E-state index contributed by atoms with van der Waals surface area (Å²) >= 11 is 0. The van der Waals surface area contributed by atoms with Crippen molar-refractivity contribution < 1.29 is 29.0 Å². The highest BCUT2D eigenvalue weighted by molar-refractivity contribution is 5.92. The number of allylic oxidation sites excluding steroid dienone is 4. The molecule has 2 saturated carbocycles. The third-order valence-electron chi connectivity index (χ3n) is 9.39. The number of fused-ring (bicyclic) bond motifs is 5. The number of hydrogen-bond donors (Lipinski definition) is 1. The van der Waals surface area contributed by atoms with Crippen LogP contribution in [0.5, 0.6) is 0 Å². The molecule has 0 aromatic rings. The predicted octanol–water partition coefficient (Wildman–Crippen LogP) is 3.90. The molecule has 0 bridgehead atoms. The molecule has 4 rings (SSSR count). The van der Waals surface area contributed by atoms with E-state index in [1.807, 2.05) is 19.9 Å². The lowest BCUT2D eigenvalue weighted by Gasteiger charge is -2.54. The van der Waals surface area contributed by atoms with Crippen LogP contribution < -0.4 is 0 Å².